The number of hydrogen-bond acceptors (Lipinski definition) is 4. The van der Waals surface area contributed by atoms with Crippen LogP contribution in [0.5, 0.6) is 0 Å². The molecule has 0 radical (unpaired) electrons. The lowest BCUT2D eigenvalue weighted by molar-refractivity contribution is 0.0932. The van der Waals surface area contributed by atoms with Crippen LogP contribution in [-0.4, -0.2) is 66.4 Å². The van der Waals surface area contributed by atoms with Gasteiger partial charge in [0, 0.05) is 46.3 Å². The minimum Gasteiger partial charge on any atom is -0.350 e. The average molecular weight is 424 g/mol. The molecular weight excluding hydrogens is 397 g/mol. The largest absolute Gasteiger partial charge is 0.350 e. The summed E-state index contributed by atoms with van der Waals surface area (Å²) in [6.07, 6.45) is 1.39. The summed E-state index contributed by atoms with van der Waals surface area (Å²) in [4.78, 5) is 12.6. The molecule has 158 valence electrons. The van der Waals surface area contributed by atoms with E-state index in [-0.39, 0.29) is 17.6 Å². The van der Waals surface area contributed by atoms with E-state index in [1.165, 1.54) is 39.5 Å². The van der Waals surface area contributed by atoms with Crippen LogP contribution in [0.4, 0.5) is 4.39 Å². The first-order valence-corrected chi connectivity index (χ1v) is 10.8. The van der Waals surface area contributed by atoms with E-state index in [0.29, 0.717) is 43.9 Å². The van der Waals surface area contributed by atoms with E-state index in [1.807, 2.05) is 0 Å². The van der Waals surface area contributed by atoms with E-state index in [4.69, 9.17) is 0 Å². The van der Waals surface area contributed by atoms with Gasteiger partial charge < -0.3 is 5.32 Å². The highest BCUT2D eigenvalue weighted by Crippen LogP contribution is 2.21. The molecule has 3 rings (SSSR count). The Hall–Kier alpha value is -2.30. The molecule has 10 heteroatoms. The van der Waals surface area contributed by atoms with Crippen LogP contribution in [-0.2, 0) is 17.3 Å². The summed E-state index contributed by atoms with van der Waals surface area (Å²) in [6.45, 7) is 1.37. The molecule has 1 aliphatic rings. The van der Waals surface area contributed by atoms with Crippen molar-refractivity contribution in [1.29, 1.82) is 0 Å². The van der Waals surface area contributed by atoms with Crippen molar-refractivity contribution < 1.29 is 17.6 Å². The average Bonchev–Trinajstić information content (AvgIpc) is 3.08. The fourth-order valence-corrected chi connectivity index (χ4v) is 4.48. The highest BCUT2D eigenvalue weighted by atomic mass is 32.2. The molecule has 29 heavy (non-hydrogen) atoms. The molecule has 1 amide bonds. The second-order valence-electron chi connectivity index (χ2n) is 7.39. The normalized spacial score (nSPS) is 16.3. The van der Waals surface area contributed by atoms with E-state index in [2.05, 4.69) is 10.4 Å². The van der Waals surface area contributed by atoms with E-state index in [9.17, 15) is 17.6 Å². The van der Waals surface area contributed by atoms with Crippen LogP contribution in [0.2, 0.25) is 0 Å². The van der Waals surface area contributed by atoms with Gasteiger partial charge in [-0.05, 0) is 49.1 Å². The van der Waals surface area contributed by atoms with Crippen molar-refractivity contribution in [3.05, 3.63) is 41.8 Å². The third-order valence-corrected chi connectivity index (χ3v) is 7.11. The van der Waals surface area contributed by atoms with Crippen LogP contribution >= 0.6 is 0 Å². The predicted octanol–water partition coefficient (Wildman–Crippen LogP) is 1.47. The SMILES string of the molecule is CN(C)S(=O)(=O)N1CCC(CNC(=O)c2cc(-c3ccc(F)cc3)nn2C)CC1. The van der Waals surface area contributed by atoms with Gasteiger partial charge in [0.1, 0.15) is 11.5 Å². The Morgan fingerprint density at radius 2 is 1.86 bits per heavy atom. The van der Waals surface area contributed by atoms with Crippen LogP contribution in [0.1, 0.15) is 23.3 Å². The second-order valence-corrected chi connectivity index (χ2v) is 9.53. The maximum atomic E-state index is 13.1. The zero-order valence-electron chi connectivity index (χ0n) is 16.8. The second kappa shape index (κ2) is 8.60. The molecule has 0 unspecified atom stereocenters. The number of halogens is 1. The van der Waals surface area contributed by atoms with E-state index in [1.54, 1.807) is 25.2 Å². The summed E-state index contributed by atoms with van der Waals surface area (Å²) >= 11 is 0. The summed E-state index contributed by atoms with van der Waals surface area (Å²) in [7, 11) is 1.35. The van der Waals surface area contributed by atoms with Gasteiger partial charge in [-0.2, -0.15) is 22.1 Å². The minimum atomic E-state index is -3.39. The standard InChI is InChI=1S/C19H26FN5O3S/c1-23(2)29(27,28)25-10-8-14(9-11-25)13-21-19(26)18-12-17(22-24(18)3)15-4-6-16(20)7-5-15/h4-7,12,14H,8-11,13H2,1-3H3,(H,21,26). The minimum absolute atomic E-state index is 0.220. The third-order valence-electron chi connectivity index (χ3n) is 5.16. The van der Waals surface area contributed by atoms with Gasteiger partial charge in [-0.25, -0.2) is 4.39 Å². The maximum Gasteiger partial charge on any atom is 0.281 e. The molecule has 0 atom stereocenters. The van der Waals surface area contributed by atoms with Gasteiger partial charge in [0.25, 0.3) is 16.1 Å². The number of nitrogens with zero attached hydrogens (tertiary/aromatic N) is 4. The molecule has 2 aromatic rings. The number of aryl methyl sites for hydroxylation is 1. The summed E-state index contributed by atoms with van der Waals surface area (Å²) in [5.74, 6) is -0.346. The first-order valence-electron chi connectivity index (χ1n) is 9.44. The summed E-state index contributed by atoms with van der Waals surface area (Å²) < 4.78 is 41.6. The van der Waals surface area contributed by atoms with Crippen molar-refractivity contribution in [2.75, 3.05) is 33.7 Å². The first kappa shape index (κ1) is 21.4. The number of hydrogen-bond donors (Lipinski definition) is 1. The molecule has 0 spiro atoms. The number of aromatic nitrogens is 2. The van der Waals surface area contributed by atoms with Crippen LogP contribution in [0, 0.1) is 11.7 Å². The Morgan fingerprint density at radius 1 is 1.24 bits per heavy atom. The number of carbonyl (C=O) groups excluding carboxylic acids is 1. The number of nitrogens with one attached hydrogen (secondary N) is 1. The van der Waals surface area contributed by atoms with Crippen molar-refractivity contribution in [1.82, 2.24) is 23.7 Å². The van der Waals surface area contributed by atoms with Gasteiger partial charge in [0.2, 0.25) is 0 Å². The molecule has 2 heterocycles. The topological polar surface area (TPSA) is 87.5 Å². The highest BCUT2D eigenvalue weighted by molar-refractivity contribution is 7.86. The quantitative estimate of drug-likeness (QED) is 0.762. The highest BCUT2D eigenvalue weighted by Gasteiger charge is 2.29. The molecule has 1 fully saturated rings. The van der Waals surface area contributed by atoms with Gasteiger partial charge >= 0.3 is 0 Å². The Balaban J connectivity index is 1.56. The first-order chi connectivity index (χ1) is 13.7. The van der Waals surface area contributed by atoms with Crippen molar-refractivity contribution in [3.63, 3.8) is 0 Å². The fourth-order valence-electron chi connectivity index (χ4n) is 3.34. The van der Waals surface area contributed by atoms with Crippen LogP contribution < -0.4 is 5.32 Å². The predicted molar refractivity (Wildman–Crippen MR) is 108 cm³/mol. The summed E-state index contributed by atoms with van der Waals surface area (Å²) in [5.41, 5.74) is 1.74. The van der Waals surface area contributed by atoms with Crippen LogP contribution in [0.15, 0.2) is 30.3 Å². The van der Waals surface area contributed by atoms with E-state index in [0.717, 1.165) is 5.56 Å². The Kier molecular flexibility index (Phi) is 6.35. The van der Waals surface area contributed by atoms with Crippen LogP contribution in [0.3, 0.4) is 0 Å². The summed E-state index contributed by atoms with van der Waals surface area (Å²) in [6, 6.07) is 7.62. The number of piperidine rings is 1. The molecule has 1 N–H and O–H groups in total. The van der Waals surface area contributed by atoms with Crippen molar-refractivity contribution in [3.8, 4) is 11.3 Å². The van der Waals surface area contributed by atoms with Gasteiger partial charge in [-0.1, -0.05) is 0 Å². The molecule has 1 aliphatic heterocycles. The maximum absolute atomic E-state index is 13.1. The number of rotatable bonds is 6. The number of benzene rings is 1. The third kappa shape index (κ3) is 4.82. The lowest BCUT2D eigenvalue weighted by Crippen LogP contribution is -2.46. The molecule has 1 saturated heterocycles. The fraction of sp³-hybridized carbons (Fsp3) is 0.474. The zero-order valence-corrected chi connectivity index (χ0v) is 17.6. The molecule has 1 aromatic carbocycles. The van der Waals surface area contributed by atoms with E-state index < -0.39 is 10.2 Å². The van der Waals surface area contributed by atoms with Gasteiger partial charge in [0.05, 0.1) is 5.69 Å². The van der Waals surface area contributed by atoms with Crippen molar-refractivity contribution in [2.45, 2.75) is 12.8 Å². The molecule has 0 saturated carbocycles. The molecule has 0 aliphatic carbocycles. The molecule has 0 bridgehead atoms. The van der Waals surface area contributed by atoms with Crippen LogP contribution in [0.25, 0.3) is 11.3 Å². The van der Waals surface area contributed by atoms with Crippen molar-refractivity contribution in [2.24, 2.45) is 13.0 Å². The lowest BCUT2D eigenvalue weighted by Gasteiger charge is -2.32. The zero-order chi connectivity index (χ0) is 21.2. The number of carbonyl (C=O) groups is 1. The smallest absolute Gasteiger partial charge is 0.281 e. The molecule has 8 nitrogen and oxygen atoms in total. The van der Waals surface area contributed by atoms with Gasteiger partial charge in [0.15, 0.2) is 0 Å². The van der Waals surface area contributed by atoms with Gasteiger partial charge in [-0.3, -0.25) is 9.48 Å². The monoisotopic (exact) mass is 423 g/mol. The van der Waals surface area contributed by atoms with Gasteiger partial charge in [-0.15, -0.1) is 0 Å². The van der Waals surface area contributed by atoms with E-state index >= 15 is 0 Å². The Bertz CT molecular complexity index is 964. The summed E-state index contributed by atoms with van der Waals surface area (Å²) in [5, 5.41) is 7.26. The molecular formula is C19H26FN5O3S. The Labute approximate surface area is 170 Å². The number of amides is 1. The Morgan fingerprint density at radius 3 is 2.45 bits per heavy atom. The lowest BCUT2D eigenvalue weighted by atomic mass is 9.98. The molecule has 1 aromatic heterocycles. The van der Waals surface area contributed by atoms with Crippen molar-refractivity contribution >= 4 is 16.1 Å².